The molecule has 6 rings (SSSR count). The van der Waals surface area contributed by atoms with E-state index in [4.69, 9.17) is 5.73 Å². The number of nitrogen functional groups attached to an aromatic ring is 1. The van der Waals surface area contributed by atoms with Crippen LogP contribution >= 0.6 is 34.0 Å². The zero-order chi connectivity index (χ0) is 28.3. The van der Waals surface area contributed by atoms with Crippen molar-refractivity contribution in [3.8, 4) is 20.9 Å². The first kappa shape index (κ1) is 28.2. The monoisotopic (exact) mass is 598 g/mol. The molecule has 5 heterocycles. The molecule has 12 heteroatoms. The molecule has 0 aliphatic heterocycles. The fraction of sp³-hybridized carbons (Fsp3) is 0.103. The molecule has 206 valence electrons. The van der Waals surface area contributed by atoms with Crippen LogP contribution in [0.4, 0.5) is 10.3 Å². The smallest absolute Gasteiger partial charge is 0.243 e. The predicted octanol–water partition coefficient (Wildman–Crippen LogP) is 5.79. The number of hydrogen-bond acceptors (Lipinski definition) is 11. The number of carbonyl (C=O) groups excluding carboxylic acids is 1. The van der Waals surface area contributed by atoms with Crippen molar-refractivity contribution >= 4 is 50.2 Å². The van der Waals surface area contributed by atoms with Crippen LogP contribution in [-0.4, -0.2) is 36.9 Å². The molecule has 4 N–H and O–H groups in total. The fourth-order valence-corrected chi connectivity index (χ4v) is 5.84. The molecule has 6 aromatic rings. The lowest BCUT2D eigenvalue weighted by Crippen LogP contribution is -2.41. The highest BCUT2D eigenvalue weighted by Crippen LogP contribution is 2.28. The van der Waals surface area contributed by atoms with Gasteiger partial charge in [-0.3, -0.25) is 20.1 Å². The summed E-state index contributed by atoms with van der Waals surface area (Å²) in [5.74, 6) is -0.111. The topological polar surface area (TPSA) is 132 Å². The predicted molar refractivity (Wildman–Crippen MR) is 167 cm³/mol. The lowest BCUT2D eigenvalue weighted by atomic mass is 10.1. The van der Waals surface area contributed by atoms with Crippen LogP contribution < -0.4 is 16.4 Å². The summed E-state index contributed by atoms with van der Waals surface area (Å²) in [6, 6.07) is 17.3. The van der Waals surface area contributed by atoms with Crippen LogP contribution in [0.1, 0.15) is 11.3 Å². The van der Waals surface area contributed by atoms with E-state index in [1.807, 2.05) is 60.0 Å². The van der Waals surface area contributed by atoms with Crippen LogP contribution in [0.3, 0.4) is 0 Å². The molecule has 9 nitrogen and oxygen atoms in total. The number of nitrogens with two attached hydrogens (primary N) is 1. The number of nitrogens with zero attached hydrogens (tertiary/aromatic N) is 5. The number of aromatic nitrogens is 5. The third-order valence-electron chi connectivity index (χ3n) is 5.80. The summed E-state index contributed by atoms with van der Waals surface area (Å²) in [5.41, 5.74) is 11.5. The average Bonchev–Trinajstić information content (AvgIpc) is 3.80. The van der Waals surface area contributed by atoms with Crippen LogP contribution in [0.5, 0.6) is 0 Å². The Bertz CT molecular complexity index is 1620. The van der Waals surface area contributed by atoms with Gasteiger partial charge in [-0.25, -0.2) is 15.0 Å². The maximum Gasteiger partial charge on any atom is 0.243 e. The highest BCUT2D eigenvalue weighted by Gasteiger charge is 2.20. The molecule has 0 spiro atoms. The highest BCUT2D eigenvalue weighted by molar-refractivity contribution is 7.19. The largest absolute Gasteiger partial charge is 0.375 e. The Hall–Kier alpha value is -4.36. The van der Waals surface area contributed by atoms with E-state index in [1.165, 1.54) is 22.7 Å². The minimum atomic E-state index is -0.396. The van der Waals surface area contributed by atoms with Gasteiger partial charge >= 0.3 is 0 Å². The van der Waals surface area contributed by atoms with E-state index >= 15 is 0 Å². The molecule has 41 heavy (non-hydrogen) atoms. The third-order valence-corrected chi connectivity index (χ3v) is 8.27. The summed E-state index contributed by atoms with van der Waals surface area (Å²) in [7, 11) is 0. The van der Waals surface area contributed by atoms with E-state index in [-0.39, 0.29) is 5.91 Å². The van der Waals surface area contributed by atoms with E-state index in [9.17, 15) is 4.79 Å². The van der Waals surface area contributed by atoms with Gasteiger partial charge in [0.1, 0.15) is 0 Å². The molecule has 0 unspecified atom stereocenters. The van der Waals surface area contributed by atoms with E-state index in [0.29, 0.717) is 23.2 Å². The van der Waals surface area contributed by atoms with Crippen LogP contribution in [0, 0.1) is 0 Å². The molecule has 0 saturated carbocycles. The van der Waals surface area contributed by atoms with Gasteiger partial charge in [-0.2, -0.15) is 0 Å². The normalized spacial score (nSPS) is 11.3. The van der Waals surface area contributed by atoms with Crippen molar-refractivity contribution in [2.45, 2.75) is 19.0 Å². The highest BCUT2D eigenvalue weighted by atomic mass is 32.1. The Morgan fingerprint density at radius 3 is 2.10 bits per heavy atom. The first-order valence-electron chi connectivity index (χ1n) is 12.6. The zero-order valence-corrected chi connectivity index (χ0v) is 24.2. The van der Waals surface area contributed by atoms with Gasteiger partial charge in [-0.1, -0.05) is 53.0 Å². The van der Waals surface area contributed by atoms with Gasteiger partial charge in [-0.05, 0) is 47.4 Å². The molecular formula is C29H26N8OS3. The van der Waals surface area contributed by atoms with Gasteiger partial charge in [0.05, 0.1) is 27.0 Å². The van der Waals surface area contributed by atoms with Gasteiger partial charge in [0.15, 0.2) is 10.3 Å². The average molecular weight is 599 g/mol. The molecule has 0 bridgehead atoms. The second kappa shape index (κ2) is 14.3. The molecular weight excluding hydrogens is 573 g/mol. The SMILES string of the molecule is Nc1ncc(-c2ccncc2)s1.O=C(Nc1ncc(-c2ccncc2)s1)[C@H](Cc1ccccc1)NCc1cscn1. The quantitative estimate of drug-likeness (QED) is 0.191. The summed E-state index contributed by atoms with van der Waals surface area (Å²) < 4.78 is 0. The van der Waals surface area contributed by atoms with Gasteiger partial charge in [-0.15, -0.1) is 11.3 Å². The molecule has 0 saturated heterocycles. The summed E-state index contributed by atoms with van der Waals surface area (Å²) in [6.45, 7) is 0.536. The maximum atomic E-state index is 13.0. The Labute approximate surface area is 249 Å². The van der Waals surface area contributed by atoms with Gasteiger partial charge in [0.2, 0.25) is 5.91 Å². The first-order valence-corrected chi connectivity index (χ1v) is 15.1. The van der Waals surface area contributed by atoms with Crippen molar-refractivity contribution in [3.63, 3.8) is 0 Å². The number of amides is 1. The number of hydrogen-bond donors (Lipinski definition) is 3. The van der Waals surface area contributed by atoms with Gasteiger partial charge < -0.3 is 11.1 Å². The molecule has 0 radical (unpaired) electrons. The Kier molecular flexibility index (Phi) is 9.84. The number of rotatable bonds is 9. The van der Waals surface area contributed by atoms with Crippen molar-refractivity contribution in [3.05, 3.63) is 114 Å². The number of carbonyl (C=O) groups is 1. The second-order valence-corrected chi connectivity index (χ2v) is 11.5. The van der Waals surface area contributed by atoms with Crippen LogP contribution in [0.25, 0.3) is 20.9 Å². The van der Waals surface area contributed by atoms with E-state index in [2.05, 4.69) is 35.6 Å². The molecule has 0 fully saturated rings. The maximum absolute atomic E-state index is 13.0. The number of anilines is 2. The molecule has 5 aromatic heterocycles. The zero-order valence-electron chi connectivity index (χ0n) is 21.8. The van der Waals surface area contributed by atoms with Crippen molar-refractivity contribution in [2.24, 2.45) is 0 Å². The number of pyridine rings is 2. The van der Waals surface area contributed by atoms with Crippen molar-refractivity contribution in [1.29, 1.82) is 0 Å². The molecule has 1 amide bonds. The standard InChI is InChI=1S/C21H19N5OS2.C8H7N3S/c27-20(26-21-24-12-19(29-21)16-6-8-22-9-7-16)18(10-15-4-2-1-3-5-15)23-11-17-13-28-14-25-17;9-8-11-5-7(12-8)6-1-3-10-4-2-6/h1-9,12-14,18,23H,10-11H2,(H,24,26,27);1-5H,(H2,9,11)/t18-;/m0./s1. The number of thiazole rings is 3. The van der Waals surface area contributed by atoms with Gasteiger partial charge in [0, 0.05) is 49.1 Å². The minimum Gasteiger partial charge on any atom is -0.375 e. The minimum absolute atomic E-state index is 0.111. The number of nitrogens with one attached hydrogen (secondary N) is 2. The molecule has 1 atom stereocenters. The lowest BCUT2D eigenvalue weighted by Gasteiger charge is -2.17. The molecule has 0 aliphatic carbocycles. The third kappa shape index (κ3) is 8.32. The van der Waals surface area contributed by atoms with E-state index in [1.54, 1.807) is 54.0 Å². The van der Waals surface area contributed by atoms with E-state index < -0.39 is 6.04 Å². The van der Waals surface area contributed by atoms with E-state index in [0.717, 1.165) is 32.1 Å². The van der Waals surface area contributed by atoms with Crippen molar-refractivity contribution < 1.29 is 4.79 Å². The molecule has 0 aliphatic rings. The van der Waals surface area contributed by atoms with Crippen LogP contribution in [0.2, 0.25) is 0 Å². The van der Waals surface area contributed by atoms with Crippen molar-refractivity contribution in [2.75, 3.05) is 11.1 Å². The summed E-state index contributed by atoms with van der Waals surface area (Å²) in [4.78, 5) is 35.6. The van der Waals surface area contributed by atoms with Crippen LogP contribution in [-0.2, 0) is 17.8 Å². The Morgan fingerprint density at radius 2 is 1.49 bits per heavy atom. The molecule has 1 aromatic carbocycles. The summed E-state index contributed by atoms with van der Waals surface area (Å²) >= 11 is 4.47. The van der Waals surface area contributed by atoms with Crippen LogP contribution in [0.15, 0.2) is 103 Å². The lowest BCUT2D eigenvalue weighted by molar-refractivity contribution is -0.118. The second-order valence-electron chi connectivity index (χ2n) is 8.66. The Morgan fingerprint density at radius 1 is 0.829 bits per heavy atom. The Balaban J connectivity index is 0.000000234. The summed E-state index contributed by atoms with van der Waals surface area (Å²) in [5, 5.41) is 9.44. The van der Waals surface area contributed by atoms with Gasteiger partial charge in [0.25, 0.3) is 0 Å². The summed E-state index contributed by atoms with van der Waals surface area (Å²) in [6.07, 6.45) is 11.1. The first-order chi connectivity index (χ1) is 20.1. The fourth-order valence-electron chi connectivity index (χ4n) is 3.77. The van der Waals surface area contributed by atoms with Crippen molar-refractivity contribution in [1.82, 2.24) is 30.2 Å². The number of benzene rings is 1.